The number of allylic oxidation sites excluding steroid dienone is 4. The number of rotatable bonds is 0. The van der Waals surface area contributed by atoms with Crippen LogP contribution in [0.25, 0.3) is 0 Å². The van der Waals surface area contributed by atoms with Crippen molar-refractivity contribution < 1.29 is 21.7 Å². The number of hydrogen-bond acceptors (Lipinski definition) is 0. The van der Waals surface area contributed by atoms with Crippen LogP contribution < -0.4 is 0 Å². The van der Waals surface area contributed by atoms with Gasteiger partial charge in [0.15, 0.2) is 0 Å². The van der Waals surface area contributed by atoms with Crippen molar-refractivity contribution in [2.45, 2.75) is 5.38 Å². The second kappa shape index (κ2) is 3.73. The first-order valence-electron chi connectivity index (χ1n) is 1.90. The molecule has 0 amide bonds. The average Bonchev–Trinajstić information content (AvgIpc) is 1.87. The molecule has 0 aliphatic heterocycles. The van der Waals surface area contributed by atoms with Crippen LogP contribution in [0.4, 0.5) is 0 Å². The van der Waals surface area contributed by atoms with Gasteiger partial charge in [-0.05, 0) is 5.38 Å². The Balaban J connectivity index is 0.000000490. The minimum atomic E-state index is -0.104. The van der Waals surface area contributed by atoms with Crippen LogP contribution >= 0.6 is 23.2 Å². The van der Waals surface area contributed by atoms with Crippen LogP contribution in [0.1, 0.15) is 0 Å². The third kappa shape index (κ3) is 2.36. The van der Waals surface area contributed by atoms with Gasteiger partial charge in [-0.3, -0.25) is 0 Å². The Labute approximate surface area is 73.4 Å². The van der Waals surface area contributed by atoms with Gasteiger partial charge in [0.2, 0.25) is 0 Å². The van der Waals surface area contributed by atoms with E-state index in [-0.39, 0.29) is 27.1 Å². The van der Waals surface area contributed by atoms with Crippen LogP contribution in [0.15, 0.2) is 17.2 Å². The maximum atomic E-state index is 5.50. The van der Waals surface area contributed by atoms with Gasteiger partial charge in [0.05, 0.1) is 0 Å². The molecule has 1 aliphatic carbocycles. The van der Waals surface area contributed by atoms with Crippen molar-refractivity contribution in [1.29, 1.82) is 0 Å². The van der Waals surface area contributed by atoms with Gasteiger partial charge in [-0.1, -0.05) is 0 Å². The largest absolute Gasteiger partial charge is 0.235 e. The summed E-state index contributed by atoms with van der Waals surface area (Å²) in [5, 5.41) is 0.507. The second-order valence-electron chi connectivity index (χ2n) is 1.25. The molecule has 1 rings (SSSR count). The summed E-state index contributed by atoms with van der Waals surface area (Å²) in [7, 11) is 0. The topological polar surface area (TPSA) is 0 Å². The minimum Gasteiger partial charge on any atom is -0.235 e. The predicted octanol–water partition coefficient (Wildman–Crippen LogP) is 2.09. The molecule has 0 saturated heterocycles. The Hall–Kier alpha value is 0.774. The van der Waals surface area contributed by atoms with E-state index in [2.05, 4.69) is 6.08 Å². The van der Waals surface area contributed by atoms with Gasteiger partial charge in [-0.25, -0.2) is 6.08 Å². The molecule has 42 valence electrons. The first-order valence-corrected chi connectivity index (χ1v) is 2.72. The summed E-state index contributed by atoms with van der Waals surface area (Å²) in [6.45, 7) is 0. The molecule has 0 spiro atoms. The Bertz CT molecular complexity index is 128. The number of halogens is 2. The zero-order chi connectivity index (χ0) is 5.28. The first kappa shape index (κ1) is 8.77. The van der Waals surface area contributed by atoms with Crippen molar-refractivity contribution in [3.63, 3.8) is 0 Å². The second-order valence-corrected chi connectivity index (χ2v) is 2.13. The standard InChI is InChI=1S/C5H3Cl2.Ti/c6-4-1-2-5(7)3-4;/h1-2,4H;/q-1;. The maximum Gasteiger partial charge on any atom is 0 e. The summed E-state index contributed by atoms with van der Waals surface area (Å²) in [5.74, 6) is 0. The fourth-order valence-electron chi connectivity index (χ4n) is 0.397. The maximum absolute atomic E-state index is 5.50. The molecule has 8 heavy (non-hydrogen) atoms. The molecule has 0 heterocycles. The van der Waals surface area contributed by atoms with Gasteiger partial charge in [0.1, 0.15) is 0 Å². The normalized spacial score (nSPS) is 24.8. The monoisotopic (exact) mass is 181 g/mol. The van der Waals surface area contributed by atoms with Gasteiger partial charge in [-0.15, -0.1) is 28.2 Å². The van der Waals surface area contributed by atoms with E-state index in [0.717, 1.165) is 0 Å². The summed E-state index contributed by atoms with van der Waals surface area (Å²) in [6.07, 6.45) is 6.27. The van der Waals surface area contributed by atoms with Gasteiger partial charge in [0, 0.05) is 21.7 Å². The zero-order valence-corrected chi connectivity index (χ0v) is 7.06. The fourth-order valence-corrected chi connectivity index (χ4v) is 0.833. The van der Waals surface area contributed by atoms with E-state index >= 15 is 0 Å². The van der Waals surface area contributed by atoms with Gasteiger partial charge in [-0.2, -0.15) is 12.2 Å². The molecule has 0 saturated carbocycles. The molecule has 1 aliphatic rings. The van der Waals surface area contributed by atoms with Crippen molar-refractivity contribution in [3.05, 3.63) is 23.3 Å². The van der Waals surface area contributed by atoms with E-state index < -0.39 is 0 Å². The molecule has 1 unspecified atom stereocenters. The third-order valence-corrected chi connectivity index (χ3v) is 1.18. The Morgan fingerprint density at radius 3 is 2.38 bits per heavy atom. The predicted molar refractivity (Wildman–Crippen MR) is 31.4 cm³/mol. The van der Waals surface area contributed by atoms with E-state index in [1.165, 1.54) is 0 Å². The van der Waals surface area contributed by atoms with Crippen LogP contribution in [0.3, 0.4) is 0 Å². The summed E-state index contributed by atoms with van der Waals surface area (Å²) >= 11 is 10.9. The van der Waals surface area contributed by atoms with Gasteiger partial charge < -0.3 is 0 Å². The fraction of sp³-hybridized carbons (Fsp3) is 0.200. The van der Waals surface area contributed by atoms with Gasteiger partial charge in [0.25, 0.3) is 0 Å². The van der Waals surface area contributed by atoms with Crippen molar-refractivity contribution in [3.8, 4) is 0 Å². The first-order chi connectivity index (χ1) is 3.29. The van der Waals surface area contributed by atoms with Crippen LogP contribution in [0.5, 0.6) is 0 Å². The Morgan fingerprint density at radius 1 is 1.62 bits per heavy atom. The summed E-state index contributed by atoms with van der Waals surface area (Å²) in [6, 6.07) is 0. The molecular formula is C5H3Cl2Ti-. The average molecular weight is 182 g/mol. The molecule has 0 N–H and O–H groups in total. The van der Waals surface area contributed by atoms with Crippen molar-refractivity contribution >= 4 is 23.2 Å². The third-order valence-electron chi connectivity index (χ3n) is 0.687. The molecule has 3 heteroatoms. The molecule has 0 nitrogen and oxygen atoms in total. The molecular weight excluding hydrogens is 179 g/mol. The molecule has 0 aromatic carbocycles. The summed E-state index contributed by atoms with van der Waals surface area (Å²) in [5.41, 5.74) is 0. The van der Waals surface area contributed by atoms with Crippen LogP contribution in [0, 0.1) is 6.08 Å². The Kier molecular flexibility index (Phi) is 4.10. The molecule has 1 atom stereocenters. The van der Waals surface area contributed by atoms with Crippen molar-refractivity contribution in [2.75, 3.05) is 0 Å². The van der Waals surface area contributed by atoms with Crippen molar-refractivity contribution in [1.82, 2.24) is 0 Å². The molecule has 0 aromatic heterocycles. The molecule has 0 radical (unpaired) electrons. The molecule has 0 aromatic rings. The SMILES string of the molecule is ClC1=[C-]C(Cl)C=C1.[Ti]. The van der Waals surface area contributed by atoms with E-state index in [4.69, 9.17) is 23.2 Å². The number of alkyl halides is 1. The minimum absolute atomic E-state index is 0. The van der Waals surface area contributed by atoms with E-state index in [0.29, 0.717) is 5.03 Å². The van der Waals surface area contributed by atoms with Crippen LogP contribution in [-0.4, -0.2) is 5.38 Å². The summed E-state index contributed by atoms with van der Waals surface area (Å²) < 4.78 is 0. The number of hydrogen-bond donors (Lipinski definition) is 0. The summed E-state index contributed by atoms with van der Waals surface area (Å²) in [4.78, 5) is 0. The molecule has 0 bridgehead atoms. The quantitative estimate of drug-likeness (QED) is 0.305. The van der Waals surface area contributed by atoms with Crippen LogP contribution in [-0.2, 0) is 21.7 Å². The zero-order valence-electron chi connectivity index (χ0n) is 3.99. The Morgan fingerprint density at radius 2 is 2.25 bits per heavy atom. The van der Waals surface area contributed by atoms with E-state index in [9.17, 15) is 0 Å². The van der Waals surface area contributed by atoms with Crippen LogP contribution in [0.2, 0.25) is 0 Å². The van der Waals surface area contributed by atoms with E-state index in [1.54, 1.807) is 12.2 Å². The van der Waals surface area contributed by atoms with Crippen molar-refractivity contribution in [2.24, 2.45) is 0 Å². The van der Waals surface area contributed by atoms with E-state index in [1.807, 2.05) is 0 Å². The smallest absolute Gasteiger partial charge is 0 e. The van der Waals surface area contributed by atoms with Gasteiger partial charge >= 0.3 is 0 Å². The molecule has 0 fully saturated rings.